The summed E-state index contributed by atoms with van der Waals surface area (Å²) in [6.07, 6.45) is -1.95. The minimum atomic E-state index is -1.44. The van der Waals surface area contributed by atoms with Gasteiger partial charge in [0.25, 0.3) is 0 Å². The highest BCUT2D eigenvalue weighted by Gasteiger charge is 2.43. The largest absolute Gasteiger partial charge is 0.464 e. The molecule has 23 heteroatoms. The second-order valence-corrected chi connectivity index (χ2v) is 21.4. The molecule has 2 rings (SSSR count). The number of aliphatic hydroxyl groups excluding tert-OH is 2. The molecule has 1 aromatic carbocycles. The number of likely N-dealkylation sites (N-methyl/N-ethyl adjacent to an activating group) is 2. The fourth-order valence-corrected chi connectivity index (χ4v) is 9.86. The molecule has 0 aromatic heterocycles. The van der Waals surface area contributed by atoms with Crippen LogP contribution < -0.4 is 26.6 Å². The Morgan fingerprint density at radius 3 is 2.04 bits per heavy atom. The second-order valence-electron chi connectivity index (χ2n) is 21.4. The lowest BCUT2D eigenvalue weighted by Crippen LogP contribution is -2.59. The van der Waals surface area contributed by atoms with Crippen LogP contribution in [0.1, 0.15) is 113 Å². The highest BCUT2D eigenvalue weighted by atomic mass is 16.6. The van der Waals surface area contributed by atoms with E-state index in [1.807, 2.05) is 90.9 Å². The zero-order chi connectivity index (χ0) is 59.5. The Hall–Kier alpha value is -5.46. The van der Waals surface area contributed by atoms with E-state index in [4.69, 9.17) is 28.8 Å². The maximum absolute atomic E-state index is 14.5. The Labute approximate surface area is 468 Å². The lowest BCUT2D eigenvalue weighted by molar-refractivity contribution is -0.165. The molecule has 12 atom stereocenters. The molecule has 1 heterocycles. The maximum atomic E-state index is 14.5. The lowest BCUT2D eigenvalue weighted by Gasteiger charge is -2.41. The smallest absolute Gasteiger partial charge is 0.407 e. The third kappa shape index (κ3) is 22.9. The van der Waals surface area contributed by atoms with Gasteiger partial charge in [-0.05, 0) is 70.0 Å². The summed E-state index contributed by atoms with van der Waals surface area (Å²) in [5, 5.41) is 32.6. The summed E-state index contributed by atoms with van der Waals surface area (Å²) in [5.41, 5.74) is 0.793. The van der Waals surface area contributed by atoms with Crippen molar-refractivity contribution in [2.45, 2.75) is 175 Å². The van der Waals surface area contributed by atoms with Gasteiger partial charge in [-0.2, -0.15) is 0 Å². The molecule has 0 aliphatic carbocycles. The number of likely N-dealkylation sites (tertiary alicyclic amines) is 1. The first-order chi connectivity index (χ1) is 37.4. The summed E-state index contributed by atoms with van der Waals surface area (Å²) in [6, 6.07) is 4.86. The number of amides is 7. The van der Waals surface area contributed by atoms with Gasteiger partial charge in [0.2, 0.25) is 35.4 Å². The number of carbonyl (C=O) groups is 8. The topological polar surface area (TPSA) is 293 Å². The highest BCUT2D eigenvalue weighted by molar-refractivity contribution is 5.91. The van der Waals surface area contributed by atoms with Gasteiger partial charge in [0.15, 0.2) is 6.29 Å². The van der Waals surface area contributed by atoms with Gasteiger partial charge in [-0.15, -0.1) is 0 Å². The van der Waals surface area contributed by atoms with Crippen molar-refractivity contribution in [3.63, 3.8) is 0 Å². The number of methoxy groups -OCH3 is 2. The van der Waals surface area contributed by atoms with E-state index in [0.717, 1.165) is 5.56 Å². The number of carbonyl (C=O) groups excluding carboxylic acids is 8. The molecular weight excluding hydrogens is 1020 g/mol. The van der Waals surface area contributed by atoms with E-state index in [-0.39, 0.29) is 87.5 Å². The van der Waals surface area contributed by atoms with Gasteiger partial charge in [-0.25, -0.2) is 9.59 Å². The van der Waals surface area contributed by atoms with Crippen LogP contribution in [0.25, 0.3) is 0 Å². The fourth-order valence-electron chi connectivity index (χ4n) is 9.86. The number of benzene rings is 1. The van der Waals surface area contributed by atoms with Gasteiger partial charge in [0, 0.05) is 53.7 Å². The van der Waals surface area contributed by atoms with Crippen molar-refractivity contribution in [1.29, 1.82) is 0 Å². The van der Waals surface area contributed by atoms with Gasteiger partial charge in [0.1, 0.15) is 24.7 Å². The molecule has 23 nitrogen and oxygen atoms in total. The average molecular weight is 1120 g/mol. The molecule has 7 N–H and O–H groups in total. The van der Waals surface area contributed by atoms with E-state index in [1.165, 1.54) is 21.1 Å². The van der Waals surface area contributed by atoms with Crippen LogP contribution in [0.4, 0.5) is 4.79 Å². The average Bonchev–Trinajstić information content (AvgIpc) is 3.92. The zero-order valence-electron chi connectivity index (χ0n) is 49.4. The Kier molecular flexibility index (Phi) is 31.7. The first-order valence-electron chi connectivity index (χ1n) is 27.9. The molecule has 1 aromatic rings. The van der Waals surface area contributed by atoms with Crippen molar-refractivity contribution in [3.8, 4) is 0 Å². The van der Waals surface area contributed by atoms with Crippen LogP contribution in [0.2, 0.25) is 0 Å². The van der Waals surface area contributed by atoms with Gasteiger partial charge in [-0.3, -0.25) is 33.7 Å². The Bertz CT molecular complexity index is 2040. The normalized spacial score (nSPS) is 17.7. The molecule has 1 fully saturated rings. The number of nitrogens with zero attached hydrogens (tertiary/aromatic N) is 3. The van der Waals surface area contributed by atoms with Crippen molar-refractivity contribution in [2.75, 3.05) is 74.8 Å². The van der Waals surface area contributed by atoms with Crippen LogP contribution in [0.15, 0.2) is 30.3 Å². The molecule has 2 unspecified atom stereocenters. The molecular formula is C56H96N8O15. The molecule has 0 saturated carbocycles. The molecule has 0 bridgehead atoms. The molecule has 79 heavy (non-hydrogen) atoms. The third-order valence-electron chi connectivity index (χ3n) is 14.4. The van der Waals surface area contributed by atoms with E-state index >= 15 is 0 Å². The third-order valence-corrected chi connectivity index (χ3v) is 14.4. The Morgan fingerprint density at radius 1 is 0.797 bits per heavy atom. The van der Waals surface area contributed by atoms with Crippen molar-refractivity contribution >= 4 is 47.5 Å². The fraction of sp³-hybridized carbons (Fsp3) is 0.750. The minimum Gasteiger partial charge on any atom is -0.464 e. The SMILES string of the molecule is CCC(CO)OC(O)COC(=O)NCCC(=O)N[C@@H](C)C(=O)OCCCNC(=O)[C@H](Cc1ccccc1)NC(=O)[C@H](C)[C@@H](OC)[C@@H]1CCCN1C(=O)C[C@@H](OC)[C@H]([C@@H](C)CC)N(C)C(=O)[C@@H](NC(=O)[C@H](C(C)C)N(C)C)C(C)C. The van der Waals surface area contributed by atoms with E-state index in [2.05, 4.69) is 26.6 Å². The molecule has 0 spiro atoms. The van der Waals surface area contributed by atoms with Crippen molar-refractivity contribution in [2.24, 2.45) is 23.7 Å². The summed E-state index contributed by atoms with van der Waals surface area (Å²) in [4.78, 5) is 113. The molecule has 1 aliphatic heterocycles. The zero-order valence-corrected chi connectivity index (χ0v) is 49.4. The van der Waals surface area contributed by atoms with E-state index < -0.39 is 103 Å². The number of hydrogen-bond acceptors (Lipinski definition) is 16. The number of rotatable bonds is 36. The van der Waals surface area contributed by atoms with Crippen LogP contribution >= 0.6 is 0 Å². The summed E-state index contributed by atoms with van der Waals surface area (Å²) >= 11 is 0. The quantitative estimate of drug-likeness (QED) is 0.0288. The molecule has 1 aliphatic rings. The van der Waals surface area contributed by atoms with Crippen molar-refractivity contribution in [1.82, 2.24) is 41.3 Å². The van der Waals surface area contributed by atoms with E-state index in [1.54, 1.807) is 30.7 Å². The van der Waals surface area contributed by atoms with Crippen molar-refractivity contribution in [3.05, 3.63) is 35.9 Å². The van der Waals surface area contributed by atoms with Crippen LogP contribution in [0.5, 0.6) is 0 Å². The monoisotopic (exact) mass is 1120 g/mol. The summed E-state index contributed by atoms with van der Waals surface area (Å²) < 4.78 is 27.4. The highest BCUT2D eigenvalue weighted by Crippen LogP contribution is 2.30. The van der Waals surface area contributed by atoms with Gasteiger partial charge >= 0.3 is 12.1 Å². The van der Waals surface area contributed by atoms with Crippen LogP contribution in [0.3, 0.4) is 0 Å². The number of alkyl carbamates (subject to hydrolysis) is 1. The van der Waals surface area contributed by atoms with Crippen LogP contribution in [-0.2, 0) is 63.7 Å². The standard InChI is InChI=1S/C56H96N8O15/c1-15-36(7)49(63(12)54(72)47(34(3)4)61-53(71)48(35(5)6)62(10)11)43(75-13)31-45(67)64-28-20-24-42(64)50(76-14)37(8)51(69)60-41(30-39-22-18-17-19-23-39)52(70)57-26-21-29-77-55(73)38(9)59-44(66)25-27-58-56(74)78-33-46(68)79-40(16-2)32-65/h17-19,22-23,34-38,40-43,46-50,65,68H,15-16,20-21,24-33H2,1-14H3,(H,57,70)(H,58,74)(H,59,66)(H,60,69)(H,61,71)/t36-,37+,38-,40?,41-,42-,43+,46?,47-,48-,49-,50+/m0/s1. The number of nitrogens with one attached hydrogen (secondary N) is 5. The Balaban J connectivity index is 2.07. The predicted octanol–water partition coefficient (Wildman–Crippen LogP) is 2.14. The van der Waals surface area contributed by atoms with Crippen LogP contribution in [-0.4, -0.2) is 208 Å². The first kappa shape index (κ1) is 69.6. The van der Waals surface area contributed by atoms with Crippen LogP contribution in [0, 0.1) is 23.7 Å². The summed E-state index contributed by atoms with van der Waals surface area (Å²) in [7, 11) is 8.38. The van der Waals surface area contributed by atoms with E-state index in [9.17, 15) is 43.5 Å². The summed E-state index contributed by atoms with van der Waals surface area (Å²) in [6.45, 7) is 16.1. The van der Waals surface area contributed by atoms with E-state index in [0.29, 0.717) is 32.2 Å². The number of aliphatic hydroxyl groups is 2. The number of ether oxygens (including phenoxy) is 5. The first-order valence-corrected chi connectivity index (χ1v) is 27.9. The molecule has 1 saturated heterocycles. The van der Waals surface area contributed by atoms with Gasteiger partial charge < -0.3 is 70.3 Å². The Morgan fingerprint density at radius 2 is 1.47 bits per heavy atom. The molecule has 450 valence electrons. The molecule has 0 radical (unpaired) electrons. The minimum absolute atomic E-state index is 0.00244. The lowest BCUT2D eigenvalue weighted by atomic mass is 9.89. The second kappa shape index (κ2) is 36.0. The van der Waals surface area contributed by atoms with Crippen molar-refractivity contribution < 1.29 is 72.3 Å². The molecule has 7 amide bonds. The maximum Gasteiger partial charge on any atom is 0.407 e. The number of esters is 1. The predicted molar refractivity (Wildman–Crippen MR) is 296 cm³/mol. The van der Waals surface area contributed by atoms with Gasteiger partial charge in [-0.1, -0.05) is 92.1 Å². The number of hydrogen-bond donors (Lipinski definition) is 7. The van der Waals surface area contributed by atoms with Gasteiger partial charge in [0.05, 0.1) is 62.0 Å². The summed E-state index contributed by atoms with van der Waals surface area (Å²) in [5.74, 6) is -4.09.